The highest BCUT2D eigenvalue weighted by atomic mass is 35.5. The molecule has 0 aliphatic carbocycles. The lowest BCUT2D eigenvalue weighted by Crippen LogP contribution is -2.32. The van der Waals surface area contributed by atoms with Crippen LogP contribution in [0.3, 0.4) is 0 Å². The molecular weight excluding hydrogens is 336 g/mol. The topological polar surface area (TPSA) is 49.4 Å². The van der Waals surface area contributed by atoms with Gasteiger partial charge in [-0.2, -0.15) is 0 Å². The second kappa shape index (κ2) is 9.23. The molecule has 0 atom stereocenters. The first-order valence-corrected chi connectivity index (χ1v) is 8.89. The molecule has 0 saturated carbocycles. The van der Waals surface area contributed by atoms with Crippen molar-refractivity contribution >= 4 is 29.1 Å². The van der Waals surface area contributed by atoms with Crippen molar-refractivity contribution in [1.29, 1.82) is 0 Å². The smallest absolute Gasteiger partial charge is 0.255 e. The van der Waals surface area contributed by atoms with Gasteiger partial charge in [0, 0.05) is 34.9 Å². The van der Waals surface area contributed by atoms with Gasteiger partial charge in [-0.15, -0.1) is 0 Å². The van der Waals surface area contributed by atoms with Gasteiger partial charge >= 0.3 is 0 Å². The van der Waals surface area contributed by atoms with Crippen LogP contribution in [0.2, 0.25) is 5.02 Å². The Labute approximate surface area is 153 Å². The largest absolute Gasteiger partial charge is 0.339 e. The van der Waals surface area contributed by atoms with E-state index in [0.717, 1.165) is 12.8 Å². The molecule has 0 aliphatic rings. The second-order valence-electron chi connectivity index (χ2n) is 5.83. The number of benzene rings is 2. The van der Waals surface area contributed by atoms with Crippen LogP contribution in [-0.2, 0) is 0 Å². The van der Waals surface area contributed by atoms with Gasteiger partial charge in [-0.05, 0) is 55.3 Å². The maximum Gasteiger partial charge on any atom is 0.255 e. The SMILES string of the molecule is CCCN(CCC)C(=O)c1cccc(C(=O)Nc2ccc(Cl)cc2)c1. The molecule has 0 heterocycles. The van der Waals surface area contributed by atoms with Gasteiger partial charge in [0.25, 0.3) is 11.8 Å². The van der Waals surface area contributed by atoms with Crippen molar-refractivity contribution < 1.29 is 9.59 Å². The Balaban J connectivity index is 2.15. The van der Waals surface area contributed by atoms with E-state index in [4.69, 9.17) is 11.6 Å². The Morgan fingerprint density at radius 1 is 0.960 bits per heavy atom. The summed E-state index contributed by atoms with van der Waals surface area (Å²) in [6.45, 7) is 5.53. The molecule has 2 aromatic rings. The first-order valence-electron chi connectivity index (χ1n) is 8.51. The van der Waals surface area contributed by atoms with Crippen molar-refractivity contribution in [2.75, 3.05) is 18.4 Å². The summed E-state index contributed by atoms with van der Waals surface area (Å²) in [5.41, 5.74) is 1.64. The van der Waals surface area contributed by atoms with E-state index in [2.05, 4.69) is 5.32 Å². The van der Waals surface area contributed by atoms with Gasteiger partial charge in [0.2, 0.25) is 0 Å². The summed E-state index contributed by atoms with van der Waals surface area (Å²) in [6.07, 6.45) is 1.81. The van der Waals surface area contributed by atoms with Gasteiger partial charge in [-0.1, -0.05) is 31.5 Å². The average Bonchev–Trinajstić information content (AvgIpc) is 2.63. The number of nitrogens with one attached hydrogen (secondary N) is 1. The first kappa shape index (κ1) is 19.0. The van der Waals surface area contributed by atoms with Crippen LogP contribution in [0.4, 0.5) is 5.69 Å². The molecular formula is C20H23ClN2O2. The lowest BCUT2D eigenvalue weighted by Gasteiger charge is -2.21. The highest BCUT2D eigenvalue weighted by molar-refractivity contribution is 6.30. The molecule has 2 amide bonds. The molecule has 0 unspecified atom stereocenters. The fraction of sp³-hybridized carbons (Fsp3) is 0.300. The van der Waals surface area contributed by atoms with E-state index in [-0.39, 0.29) is 11.8 Å². The van der Waals surface area contributed by atoms with E-state index in [9.17, 15) is 9.59 Å². The molecule has 2 rings (SSSR count). The Kier molecular flexibility index (Phi) is 7.02. The van der Waals surface area contributed by atoms with Crippen LogP contribution in [0.1, 0.15) is 47.4 Å². The quantitative estimate of drug-likeness (QED) is 0.768. The zero-order valence-corrected chi connectivity index (χ0v) is 15.3. The number of hydrogen-bond donors (Lipinski definition) is 1. The molecule has 4 nitrogen and oxygen atoms in total. The minimum atomic E-state index is -0.255. The first-order chi connectivity index (χ1) is 12.0. The summed E-state index contributed by atoms with van der Waals surface area (Å²) in [5, 5.41) is 3.42. The highest BCUT2D eigenvalue weighted by Crippen LogP contribution is 2.16. The summed E-state index contributed by atoms with van der Waals surface area (Å²) in [4.78, 5) is 26.9. The third-order valence-electron chi connectivity index (χ3n) is 3.75. The van der Waals surface area contributed by atoms with Crippen molar-refractivity contribution in [2.24, 2.45) is 0 Å². The number of carbonyl (C=O) groups excluding carboxylic acids is 2. The van der Waals surface area contributed by atoms with Crippen LogP contribution in [0.15, 0.2) is 48.5 Å². The lowest BCUT2D eigenvalue weighted by molar-refractivity contribution is 0.0755. The molecule has 0 aliphatic heterocycles. The molecule has 25 heavy (non-hydrogen) atoms. The van der Waals surface area contributed by atoms with Gasteiger partial charge in [-0.3, -0.25) is 9.59 Å². The summed E-state index contributed by atoms with van der Waals surface area (Å²) < 4.78 is 0. The maximum atomic E-state index is 12.7. The standard InChI is InChI=1S/C20H23ClN2O2/c1-3-12-23(13-4-2)20(25)16-7-5-6-15(14-16)19(24)22-18-10-8-17(21)9-11-18/h5-11,14H,3-4,12-13H2,1-2H3,(H,22,24). The highest BCUT2D eigenvalue weighted by Gasteiger charge is 2.16. The number of hydrogen-bond acceptors (Lipinski definition) is 2. The third kappa shape index (κ3) is 5.33. The van der Waals surface area contributed by atoms with Crippen molar-refractivity contribution in [3.8, 4) is 0 Å². The van der Waals surface area contributed by atoms with Crippen molar-refractivity contribution in [3.63, 3.8) is 0 Å². The summed E-state index contributed by atoms with van der Waals surface area (Å²) in [7, 11) is 0. The third-order valence-corrected chi connectivity index (χ3v) is 4.00. The van der Waals surface area contributed by atoms with Gasteiger partial charge < -0.3 is 10.2 Å². The Bertz CT molecular complexity index is 723. The number of rotatable bonds is 7. The molecule has 1 N–H and O–H groups in total. The van der Waals surface area contributed by atoms with E-state index in [1.807, 2.05) is 18.7 Å². The zero-order valence-electron chi connectivity index (χ0n) is 14.6. The second-order valence-corrected chi connectivity index (χ2v) is 6.27. The van der Waals surface area contributed by atoms with Crippen molar-refractivity contribution in [3.05, 3.63) is 64.7 Å². The summed E-state index contributed by atoms with van der Waals surface area (Å²) in [6, 6.07) is 13.7. The average molecular weight is 359 g/mol. The molecule has 0 fully saturated rings. The molecule has 0 radical (unpaired) electrons. The van der Waals surface area contributed by atoms with Gasteiger partial charge in [0.1, 0.15) is 0 Å². The number of carbonyl (C=O) groups is 2. The number of anilines is 1. The van der Waals surface area contributed by atoms with Crippen LogP contribution in [0.25, 0.3) is 0 Å². The van der Waals surface area contributed by atoms with E-state index in [0.29, 0.717) is 34.9 Å². The molecule has 0 saturated heterocycles. The Hall–Kier alpha value is -2.33. The van der Waals surface area contributed by atoms with E-state index >= 15 is 0 Å². The number of amides is 2. The number of nitrogens with zero attached hydrogens (tertiary/aromatic N) is 1. The Morgan fingerprint density at radius 2 is 1.56 bits per heavy atom. The fourth-order valence-corrected chi connectivity index (χ4v) is 2.69. The van der Waals surface area contributed by atoms with E-state index in [1.165, 1.54) is 0 Å². The van der Waals surface area contributed by atoms with Crippen LogP contribution < -0.4 is 5.32 Å². The van der Waals surface area contributed by atoms with Crippen LogP contribution in [0, 0.1) is 0 Å². The predicted molar refractivity (Wildman–Crippen MR) is 102 cm³/mol. The minimum Gasteiger partial charge on any atom is -0.339 e. The maximum absolute atomic E-state index is 12.7. The van der Waals surface area contributed by atoms with Gasteiger partial charge in [0.05, 0.1) is 0 Å². The fourth-order valence-electron chi connectivity index (χ4n) is 2.57. The Morgan fingerprint density at radius 3 is 2.16 bits per heavy atom. The lowest BCUT2D eigenvalue weighted by atomic mass is 10.1. The van der Waals surface area contributed by atoms with Crippen molar-refractivity contribution in [1.82, 2.24) is 4.90 Å². The van der Waals surface area contributed by atoms with Gasteiger partial charge in [0.15, 0.2) is 0 Å². The summed E-state index contributed by atoms with van der Waals surface area (Å²) in [5.74, 6) is -0.292. The van der Waals surface area contributed by atoms with E-state index < -0.39 is 0 Å². The predicted octanol–water partition coefficient (Wildman–Crippen LogP) is 4.85. The van der Waals surface area contributed by atoms with Crippen LogP contribution in [0.5, 0.6) is 0 Å². The minimum absolute atomic E-state index is 0.0372. The molecule has 0 spiro atoms. The number of halogens is 1. The summed E-state index contributed by atoms with van der Waals surface area (Å²) >= 11 is 5.85. The molecule has 2 aromatic carbocycles. The zero-order chi connectivity index (χ0) is 18.2. The molecule has 132 valence electrons. The van der Waals surface area contributed by atoms with Gasteiger partial charge in [-0.25, -0.2) is 0 Å². The molecule has 5 heteroatoms. The molecule has 0 aromatic heterocycles. The van der Waals surface area contributed by atoms with Crippen molar-refractivity contribution in [2.45, 2.75) is 26.7 Å². The van der Waals surface area contributed by atoms with Crippen LogP contribution in [-0.4, -0.2) is 29.8 Å². The molecule has 0 bridgehead atoms. The van der Waals surface area contributed by atoms with Crippen LogP contribution >= 0.6 is 11.6 Å². The van der Waals surface area contributed by atoms with E-state index in [1.54, 1.807) is 48.5 Å². The normalized spacial score (nSPS) is 10.4. The monoisotopic (exact) mass is 358 g/mol.